The summed E-state index contributed by atoms with van der Waals surface area (Å²) in [5.74, 6) is -1.43. The van der Waals surface area contributed by atoms with Gasteiger partial charge in [0, 0.05) is 36.6 Å². The van der Waals surface area contributed by atoms with Crippen LogP contribution in [0.1, 0.15) is 36.1 Å². The predicted molar refractivity (Wildman–Crippen MR) is 127 cm³/mol. The molecular weight excluding hydrogens is 450 g/mol. The molecule has 0 radical (unpaired) electrons. The molecule has 1 atom stereocenters. The van der Waals surface area contributed by atoms with Crippen molar-refractivity contribution in [3.05, 3.63) is 105 Å². The lowest BCUT2D eigenvalue weighted by Crippen LogP contribution is -2.29. The largest absolute Gasteiger partial charge is 0.507 e. The van der Waals surface area contributed by atoms with Crippen molar-refractivity contribution < 1.29 is 24.4 Å². The van der Waals surface area contributed by atoms with Crippen molar-refractivity contribution in [2.45, 2.75) is 25.9 Å². The van der Waals surface area contributed by atoms with E-state index in [4.69, 9.17) is 4.74 Å². The fourth-order valence-electron chi connectivity index (χ4n) is 3.97. The molecule has 2 heterocycles. The molecule has 1 N–H and O–H groups in total. The number of benzene rings is 2. The van der Waals surface area contributed by atoms with E-state index in [1.807, 2.05) is 6.92 Å². The average Bonchev–Trinajstić information content (AvgIpc) is 3.13. The number of non-ortho nitro benzene ring substituents is 1. The minimum Gasteiger partial charge on any atom is -0.507 e. The summed E-state index contributed by atoms with van der Waals surface area (Å²) < 4.78 is 5.57. The molecule has 0 spiro atoms. The summed E-state index contributed by atoms with van der Waals surface area (Å²) in [6, 6.07) is 14.7. The maximum Gasteiger partial charge on any atom is 0.295 e. The first kappa shape index (κ1) is 23.6. The van der Waals surface area contributed by atoms with Gasteiger partial charge in [-0.3, -0.25) is 24.7 Å². The van der Waals surface area contributed by atoms with Crippen LogP contribution in [0, 0.1) is 10.1 Å². The predicted octanol–water partition coefficient (Wildman–Crippen LogP) is 4.40. The highest BCUT2D eigenvalue weighted by Crippen LogP contribution is 2.41. The van der Waals surface area contributed by atoms with Crippen molar-refractivity contribution in [3.63, 3.8) is 0 Å². The monoisotopic (exact) mass is 473 g/mol. The van der Waals surface area contributed by atoms with Gasteiger partial charge in [-0.25, -0.2) is 0 Å². The molecule has 9 nitrogen and oxygen atoms in total. The minimum atomic E-state index is -1.02. The molecule has 3 aromatic rings. The van der Waals surface area contributed by atoms with Gasteiger partial charge in [0.1, 0.15) is 11.5 Å². The van der Waals surface area contributed by atoms with Crippen LogP contribution >= 0.6 is 0 Å². The lowest BCUT2D eigenvalue weighted by Gasteiger charge is -2.25. The van der Waals surface area contributed by atoms with E-state index in [-0.39, 0.29) is 23.6 Å². The number of Topliss-reactive ketones (excluding diaryl/α,β-unsaturated/α-hetero) is 1. The highest BCUT2D eigenvalue weighted by molar-refractivity contribution is 6.46. The summed E-state index contributed by atoms with van der Waals surface area (Å²) in [5, 5.41) is 22.6. The third-order valence-corrected chi connectivity index (χ3v) is 5.61. The average molecular weight is 473 g/mol. The van der Waals surface area contributed by atoms with Crippen LogP contribution in [0.25, 0.3) is 5.76 Å². The van der Waals surface area contributed by atoms with Gasteiger partial charge >= 0.3 is 0 Å². The summed E-state index contributed by atoms with van der Waals surface area (Å²) in [5.41, 5.74) is 1.01. The van der Waals surface area contributed by atoms with Gasteiger partial charge in [0.2, 0.25) is 0 Å². The Morgan fingerprint density at radius 2 is 1.91 bits per heavy atom. The number of amides is 1. The van der Waals surface area contributed by atoms with Gasteiger partial charge in [0.15, 0.2) is 0 Å². The van der Waals surface area contributed by atoms with E-state index in [1.54, 1.807) is 54.9 Å². The van der Waals surface area contributed by atoms with Crippen LogP contribution in [0.4, 0.5) is 5.69 Å². The number of carbonyl (C=O) groups excluding carboxylic acids is 2. The van der Waals surface area contributed by atoms with Crippen molar-refractivity contribution >= 4 is 23.1 Å². The van der Waals surface area contributed by atoms with Gasteiger partial charge in [0.05, 0.1) is 23.1 Å². The number of aliphatic hydroxyl groups is 1. The summed E-state index contributed by atoms with van der Waals surface area (Å²) >= 11 is 0. The maximum atomic E-state index is 13.1. The molecule has 0 bridgehead atoms. The number of pyridine rings is 1. The molecule has 4 rings (SSSR count). The summed E-state index contributed by atoms with van der Waals surface area (Å²) in [4.78, 5) is 42.4. The van der Waals surface area contributed by atoms with E-state index >= 15 is 0 Å². The highest BCUT2D eigenvalue weighted by Gasteiger charge is 2.46. The van der Waals surface area contributed by atoms with Gasteiger partial charge in [-0.05, 0) is 47.9 Å². The van der Waals surface area contributed by atoms with E-state index in [0.29, 0.717) is 29.0 Å². The Morgan fingerprint density at radius 1 is 1.14 bits per heavy atom. The second-order valence-corrected chi connectivity index (χ2v) is 8.01. The number of aliphatic hydroxyl groups excluding tert-OH is 1. The zero-order chi connectivity index (χ0) is 24.9. The normalized spacial score (nSPS) is 16.9. The number of aromatic nitrogens is 1. The van der Waals surface area contributed by atoms with Crippen LogP contribution in [-0.2, 0) is 16.1 Å². The number of nitro groups is 1. The van der Waals surface area contributed by atoms with E-state index in [0.717, 1.165) is 6.42 Å². The SMILES string of the molecule is CCCOc1ccc(C(O)=C2C(=O)C(=O)N(Cc3cccnc3)C2c2cccc([N+](=O)[O-])c2)cc1. The van der Waals surface area contributed by atoms with Gasteiger partial charge in [-0.15, -0.1) is 0 Å². The number of nitro benzene ring substituents is 1. The number of ether oxygens (including phenoxy) is 1. The first-order valence-electron chi connectivity index (χ1n) is 11.1. The highest BCUT2D eigenvalue weighted by atomic mass is 16.6. The molecule has 0 aliphatic carbocycles. The van der Waals surface area contributed by atoms with Crippen molar-refractivity contribution in [3.8, 4) is 5.75 Å². The fourth-order valence-corrected chi connectivity index (χ4v) is 3.97. The maximum absolute atomic E-state index is 13.1. The fraction of sp³-hybridized carbons (Fsp3) is 0.192. The van der Waals surface area contributed by atoms with E-state index in [2.05, 4.69) is 4.98 Å². The van der Waals surface area contributed by atoms with Crippen LogP contribution in [0.15, 0.2) is 78.6 Å². The molecule has 1 aliphatic rings. The lowest BCUT2D eigenvalue weighted by molar-refractivity contribution is -0.384. The van der Waals surface area contributed by atoms with Gasteiger partial charge in [-0.2, -0.15) is 0 Å². The van der Waals surface area contributed by atoms with Crippen LogP contribution in [0.2, 0.25) is 0 Å². The third kappa shape index (κ3) is 4.89. The Bertz CT molecular complexity index is 1290. The second-order valence-electron chi connectivity index (χ2n) is 8.01. The zero-order valence-electron chi connectivity index (χ0n) is 19.0. The van der Waals surface area contributed by atoms with Gasteiger partial charge in [-0.1, -0.05) is 25.1 Å². The number of nitrogens with zero attached hydrogens (tertiary/aromatic N) is 3. The smallest absolute Gasteiger partial charge is 0.295 e. The molecular formula is C26H23N3O6. The molecule has 9 heteroatoms. The minimum absolute atomic E-state index is 0.0341. The number of hydrogen-bond donors (Lipinski definition) is 1. The zero-order valence-corrected chi connectivity index (χ0v) is 19.0. The van der Waals surface area contributed by atoms with Gasteiger partial charge < -0.3 is 14.7 Å². The van der Waals surface area contributed by atoms with E-state index in [1.165, 1.54) is 23.1 Å². The molecule has 35 heavy (non-hydrogen) atoms. The summed E-state index contributed by atoms with van der Waals surface area (Å²) in [7, 11) is 0. The van der Waals surface area contributed by atoms with E-state index in [9.17, 15) is 24.8 Å². The number of hydrogen-bond acceptors (Lipinski definition) is 7. The summed E-state index contributed by atoms with van der Waals surface area (Å²) in [6.07, 6.45) is 3.99. The first-order chi connectivity index (χ1) is 16.9. The molecule has 1 amide bonds. The Labute approximate surface area is 201 Å². The molecule has 2 aromatic carbocycles. The number of ketones is 1. The van der Waals surface area contributed by atoms with E-state index < -0.39 is 22.7 Å². The Morgan fingerprint density at radius 3 is 2.57 bits per heavy atom. The molecule has 178 valence electrons. The second kappa shape index (κ2) is 10.2. The first-order valence-corrected chi connectivity index (χ1v) is 11.1. The molecule has 1 unspecified atom stereocenters. The molecule has 0 saturated carbocycles. The topological polar surface area (TPSA) is 123 Å². The summed E-state index contributed by atoms with van der Waals surface area (Å²) in [6.45, 7) is 2.56. The molecule has 1 fully saturated rings. The van der Waals surface area contributed by atoms with Crippen LogP contribution in [0.5, 0.6) is 5.75 Å². The number of likely N-dealkylation sites (tertiary alicyclic amines) is 1. The Kier molecular flexibility index (Phi) is 6.86. The number of carbonyl (C=O) groups is 2. The molecule has 1 aromatic heterocycles. The van der Waals surface area contributed by atoms with Crippen LogP contribution in [0.3, 0.4) is 0 Å². The number of rotatable bonds is 8. The standard InChI is InChI=1S/C26H23N3O6/c1-2-13-35-21-10-8-18(9-11-21)24(30)22-23(19-6-3-7-20(14-19)29(33)34)28(26(32)25(22)31)16-17-5-4-12-27-15-17/h3-12,14-15,23,30H,2,13,16H2,1H3. The molecule has 1 aliphatic heterocycles. The van der Waals surface area contributed by atoms with Crippen LogP contribution in [-0.4, -0.2) is 38.2 Å². The lowest BCUT2D eigenvalue weighted by atomic mass is 9.95. The van der Waals surface area contributed by atoms with Crippen LogP contribution < -0.4 is 4.74 Å². The Balaban J connectivity index is 1.82. The van der Waals surface area contributed by atoms with Crippen molar-refractivity contribution in [1.82, 2.24) is 9.88 Å². The van der Waals surface area contributed by atoms with Crippen molar-refractivity contribution in [2.75, 3.05) is 6.61 Å². The quantitative estimate of drug-likeness (QED) is 0.169. The van der Waals surface area contributed by atoms with Crippen molar-refractivity contribution in [2.24, 2.45) is 0 Å². The Hall–Kier alpha value is -4.53. The third-order valence-electron chi connectivity index (χ3n) is 5.61. The molecule has 1 saturated heterocycles. The van der Waals surface area contributed by atoms with Crippen molar-refractivity contribution in [1.29, 1.82) is 0 Å². The van der Waals surface area contributed by atoms with Gasteiger partial charge in [0.25, 0.3) is 17.4 Å².